The summed E-state index contributed by atoms with van der Waals surface area (Å²) < 4.78 is 82.6. The molecule has 9 heteroatoms. The maximum Gasteiger partial charge on any atom is 0.463 e. The Bertz CT molecular complexity index is 1230. The van der Waals surface area contributed by atoms with E-state index in [4.69, 9.17) is 9.26 Å². The summed E-state index contributed by atoms with van der Waals surface area (Å²) in [5.74, 6) is -6.73. The quantitative estimate of drug-likeness (QED) is 0.113. The van der Waals surface area contributed by atoms with Gasteiger partial charge in [-0.25, -0.2) is 4.99 Å². The highest BCUT2D eigenvalue weighted by Crippen LogP contribution is 2.58. The number of aliphatic imine (C=N–C) groups is 1. The minimum absolute atomic E-state index is 0.146. The first-order chi connectivity index (χ1) is 17.7. The highest BCUT2D eigenvalue weighted by molar-refractivity contribution is 7.92. The average molecular weight is 530 g/mol. The SMILES string of the molecule is COc1ccc(N=C(O[P+](c2ccccc2)(c2ccccc2)c2ccccc2)C(F)(F)C(F)(F)F)cc1. The van der Waals surface area contributed by atoms with Gasteiger partial charge >= 0.3 is 18.0 Å². The van der Waals surface area contributed by atoms with Crippen molar-refractivity contribution in [3.8, 4) is 5.75 Å². The first kappa shape index (κ1) is 26.3. The molecule has 0 aliphatic carbocycles. The first-order valence-corrected chi connectivity index (χ1v) is 12.8. The molecule has 4 aromatic rings. The Morgan fingerprint density at radius 3 is 1.38 bits per heavy atom. The van der Waals surface area contributed by atoms with Crippen LogP contribution in [0, 0.1) is 0 Å². The molecule has 4 rings (SSSR count). The van der Waals surface area contributed by atoms with E-state index in [2.05, 4.69) is 4.99 Å². The maximum atomic E-state index is 15.1. The third kappa shape index (κ3) is 5.35. The second-order valence-electron chi connectivity index (χ2n) is 7.89. The summed E-state index contributed by atoms with van der Waals surface area (Å²) >= 11 is 0. The third-order valence-corrected chi connectivity index (χ3v) is 9.03. The van der Waals surface area contributed by atoms with Crippen molar-refractivity contribution in [1.29, 1.82) is 0 Å². The summed E-state index contributed by atoms with van der Waals surface area (Å²) in [6.07, 6.45) is -5.95. The molecule has 37 heavy (non-hydrogen) atoms. The molecule has 0 spiro atoms. The van der Waals surface area contributed by atoms with Gasteiger partial charge in [-0.1, -0.05) is 54.6 Å². The highest BCUT2D eigenvalue weighted by atomic mass is 31.2. The van der Waals surface area contributed by atoms with E-state index in [1.165, 1.54) is 31.4 Å². The van der Waals surface area contributed by atoms with Crippen LogP contribution in [0.4, 0.5) is 27.6 Å². The highest BCUT2D eigenvalue weighted by Gasteiger charge is 2.67. The summed E-state index contributed by atoms with van der Waals surface area (Å²) in [7, 11) is -2.16. The van der Waals surface area contributed by atoms with Crippen LogP contribution in [0.3, 0.4) is 0 Å². The number of rotatable bonds is 7. The van der Waals surface area contributed by atoms with Crippen LogP contribution in [-0.4, -0.2) is 25.1 Å². The predicted octanol–water partition coefficient (Wildman–Crippen LogP) is 6.85. The summed E-state index contributed by atoms with van der Waals surface area (Å²) in [6.45, 7) is 0. The molecule has 0 amide bonds. The van der Waals surface area contributed by atoms with Crippen molar-refractivity contribution >= 4 is 35.0 Å². The van der Waals surface area contributed by atoms with E-state index in [0.29, 0.717) is 21.7 Å². The van der Waals surface area contributed by atoms with Crippen LogP contribution < -0.4 is 20.7 Å². The number of alkyl halides is 5. The summed E-state index contributed by atoms with van der Waals surface area (Å²) in [5, 5.41) is 1.36. The molecule has 0 N–H and O–H groups in total. The lowest BCUT2D eigenvalue weighted by atomic mass is 10.3. The lowest BCUT2D eigenvalue weighted by molar-refractivity contribution is -0.253. The van der Waals surface area contributed by atoms with Gasteiger partial charge in [0, 0.05) is 0 Å². The maximum absolute atomic E-state index is 15.1. The van der Waals surface area contributed by atoms with E-state index < -0.39 is 25.5 Å². The van der Waals surface area contributed by atoms with Crippen LogP contribution in [0.2, 0.25) is 0 Å². The van der Waals surface area contributed by atoms with E-state index in [1.807, 2.05) is 0 Å². The fourth-order valence-electron chi connectivity index (χ4n) is 3.69. The summed E-state index contributed by atoms with van der Waals surface area (Å²) in [6, 6.07) is 30.6. The Morgan fingerprint density at radius 2 is 1.03 bits per heavy atom. The molecule has 190 valence electrons. The van der Waals surface area contributed by atoms with Gasteiger partial charge in [-0.05, 0) is 60.7 Å². The molecule has 0 unspecified atom stereocenters. The number of halogens is 5. The molecule has 0 saturated heterocycles. The van der Waals surface area contributed by atoms with Crippen molar-refractivity contribution in [2.45, 2.75) is 12.1 Å². The number of hydrogen-bond acceptors (Lipinski definition) is 3. The van der Waals surface area contributed by atoms with E-state index in [1.54, 1.807) is 91.0 Å². The topological polar surface area (TPSA) is 30.8 Å². The molecule has 0 atom stereocenters. The van der Waals surface area contributed by atoms with Gasteiger partial charge < -0.3 is 9.26 Å². The van der Waals surface area contributed by atoms with E-state index >= 15 is 8.78 Å². The zero-order valence-electron chi connectivity index (χ0n) is 19.6. The minimum Gasteiger partial charge on any atom is -0.497 e. The zero-order chi connectivity index (χ0) is 26.5. The standard InChI is InChI=1S/C28H22F5NO2P/c1-35-22-19-17-21(18-20-22)34-26(27(29,30)28(31,32)33)36-37(23-11-5-2-6-12-23,24-13-7-3-8-14-24)25-15-9-4-10-16-25/h2-20H,1H3/q+1. The van der Waals surface area contributed by atoms with E-state index in [0.717, 1.165) is 0 Å². The zero-order valence-corrected chi connectivity index (χ0v) is 20.5. The van der Waals surface area contributed by atoms with Gasteiger partial charge in [-0.3, -0.25) is 0 Å². The predicted molar refractivity (Wildman–Crippen MR) is 137 cm³/mol. The Kier molecular flexibility index (Phi) is 7.60. The van der Waals surface area contributed by atoms with Crippen LogP contribution in [0.25, 0.3) is 0 Å². The lowest BCUT2D eigenvalue weighted by Crippen LogP contribution is -2.47. The summed E-state index contributed by atoms with van der Waals surface area (Å²) in [5.41, 5.74) is -0.146. The smallest absolute Gasteiger partial charge is 0.463 e. The number of methoxy groups -OCH3 is 1. The van der Waals surface area contributed by atoms with Crippen molar-refractivity contribution in [3.63, 3.8) is 0 Å². The van der Waals surface area contributed by atoms with Crippen molar-refractivity contribution in [2.75, 3.05) is 7.11 Å². The third-order valence-electron chi connectivity index (χ3n) is 5.51. The molecule has 0 aliphatic rings. The molecule has 0 bridgehead atoms. The Balaban J connectivity index is 2.02. The van der Waals surface area contributed by atoms with Crippen LogP contribution in [0.15, 0.2) is 120 Å². The van der Waals surface area contributed by atoms with Gasteiger partial charge in [-0.15, -0.1) is 0 Å². The number of nitrogens with zero attached hydrogens (tertiary/aromatic N) is 1. The molecule has 0 fully saturated rings. The van der Waals surface area contributed by atoms with Gasteiger partial charge in [-0.2, -0.15) is 22.0 Å². The van der Waals surface area contributed by atoms with Crippen LogP contribution in [-0.2, 0) is 4.52 Å². The van der Waals surface area contributed by atoms with Gasteiger partial charge in [0.15, 0.2) is 0 Å². The Labute approximate surface area is 211 Å². The van der Waals surface area contributed by atoms with Gasteiger partial charge in [0.2, 0.25) is 0 Å². The molecule has 4 aromatic carbocycles. The van der Waals surface area contributed by atoms with Gasteiger partial charge in [0.1, 0.15) is 21.7 Å². The van der Waals surface area contributed by atoms with Crippen LogP contribution in [0.5, 0.6) is 5.75 Å². The van der Waals surface area contributed by atoms with Gasteiger partial charge in [0.25, 0.3) is 7.49 Å². The molecule has 0 aromatic heterocycles. The number of hydrogen-bond donors (Lipinski definition) is 0. The molecule has 0 heterocycles. The fraction of sp³-hybridized carbons (Fsp3) is 0.107. The van der Waals surface area contributed by atoms with E-state index in [9.17, 15) is 13.2 Å². The Morgan fingerprint density at radius 1 is 0.622 bits per heavy atom. The molecular weight excluding hydrogens is 508 g/mol. The second kappa shape index (κ2) is 10.7. The van der Waals surface area contributed by atoms with Crippen LogP contribution >= 0.6 is 7.49 Å². The van der Waals surface area contributed by atoms with Crippen LogP contribution in [0.1, 0.15) is 0 Å². The normalized spacial score (nSPS) is 12.8. The van der Waals surface area contributed by atoms with Crippen molar-refractivity contribution in [3.05, 3.63) is 115 Å². The summed E-state index contributed by atoms with van der Waals surface area (Å²) in [4.78, 5) is 3.73. The van der Waals surface area contributed by atoms with E-state index in [-0.39, 0.29) is 5.69 Å². The molecule has 0 aliphatic heterocycles. The molecular formula is C28H22F5NO2P+. The minimum atomic E-state index is -5.95. The molecule has 0 saturated carbocycles. The van der Waals surface area contributed by atoms with Gasteiger partial charge in [0.05, 0.1) is 12.8 Å². The molecule has 0 radical (unpaired) electrons. The second-order valence-corrected chi connectivity index (χ2v) is 10.8. The van der Waals surface area contributed by atoms with Crippen molar-refractivity contribution in [2.24, 2.45) is 4.99 Å². The number of ether oxygens (including phenoxy) is 1. The molecule has 3 nitrogen and oxygen atoms in total. The largest absolute Gasteiger partial charge is 0.497 e. The monoisotopic (exact) mass is 530 g/mol. The Hall–Kier alpha value is -3.77. The van der Waals surface area contributed by atoms with Crippen molar-refractivity contribution in [1.82, 2.24) is 0 Å². The first-order valence-electron chi connectivity index (χ1n) is 11.1. The lowest BCUT2D eigenvalue weighted by Gasteiger charge is -2.29. The van der Waals surface area contributed by atoms with Crippen molar-refractivity contribution < 1.29 is 31.2 Å². The number of benzene rings is 4. The fourth-order valence-corrected chi connectivity index (χ4v) is 7.09. The average Bonchev–Trinajstić information content (AvgIpc) is 2.92.